The average Bonchev–Trinajstić information content (AvgIpc) is 3.39. The number of carbonyl (C=O) groups excluding carboxylic acids is 1. The lowest BCUT2D eigenvalue weighted by Crippen LogP contribution is -2.24. The fourth-order valence-corrected chi connectivity index (χ4v) is 3.07. The molecule has 3 rings (SSSR count). The van der Waals surface area contributed by atoms with Crippen LogP contribution in [0.25, 0.3) is 0 Å². The molecule has 0 spiro atoms. The molecule has 1 heterocycles. The zero-order chi connectivity index (χ0) is 15.2. The highest BCUT2D eigenvalue weighted by Gasteiger charge is 2.24. The van der Waals surface area contributed by atoms with E-state index in [4.69, 9.17) is 0 Å². The molecule has 1 aliphatic carbocycles. The Labute approximate surface area is 135 Å². The molecule has 1 fully saturated rings. The summed E-state index contributed by atoms with van der Waals surface area (Å²) < 4.78 is 0. The van der Waals surface area contributed by atoms with E-state index in [0.29, 0.717) is 18.2 Å². The van der Waals surface area contributed by atoms with Gasteiger partial charge in [-0.1, -0.05) is 36.4 Å². The fraction of sp³-hybridized carbons (Fsp3) is 0.333. The van der Waals surface area contributed by atoms with Crippen molar-refractivity contribution in [2.45, 2.75) is 31.1 Å². The zero-order valence-electron chi connectivity index (χ0n) is 12.5. The highest BCUT2D eigenvalue weighted by atomic mass is 32.2. The molecule has 0 bridgehead atoms. The van der Waals surface area contributed by atoms with Crippen molar-refractivity contribution in [1.29, 1.82) is 0 Å². The highest BCUT2D eigenvalue weighted by molar-refractivity contribution is 7.99. The molecule has 1 aliphatic rings. The van der Waals surface area contributed by atoms with Crippen LogP contribution >= 0.6 is 11.8 Å². The minimum absolute atomic E-state index is 0.0761. The van der Waals surface area contributed by atoms with Crippen LogP contribution < -0.4 is 5.32 Å². The number of amides is 1. The van der Waals surface area contributed by atoms with E-state index in [2.05, 4.69) is 34.6 Å². The largest absolute Gasteiger partial charge is 0.351 e. The topological polar surface area (TPSA) is 42.0 Å². The van der Waals surface area contributed by atoms with E-state index in [-0.39, 0.29) is 5.91 Å². The van der Waals surface area contributed by atoms with Gasteiger partial charge < -0.3 is 5.32 Å². The number of carbonyl (C=O) groups is 1. The number of thioether (sulfide) groups is 1. The van der Waals surface area contributed by atoms with Crippen LogP contribution in [-0.4, -0.2) is 16.6 Å². The third-order valence-electron chi connectivity index (χ3n) is 3.68. The SMILES string of the molecule is O=C(CSCc1ccccc1)NCc1ccc(C2CC2)nc1. The monoisotopic (exact) mass is 312 g/mol. The second-order valence-electron chi connectivity index (χ2n) is 5.62. The lowest BCUT2D eigenvalue weighted by Gasteiger charge is -2.06. The predicted octanol–water partition coefficient (Wildman–Crippen LogP) is 3.51. The van der Waals surface area contributed by atoms with E-state index in [1.807, 2.05) is 24.4 Å². The minimum Gasteiger partial charge on any atom is -0.351 e. The van der Waals surface area contributed by atoms with Crippen LogP contribution in [0, 0.1) is 0 Å². The van der Waals surface area contributed by atoms with Crippen LogP contribution in [0.4, 0.5) is 0 Å². The van der Waals surface area contributed by atoms with Gasteiger partial charge in [-0.3, -0.25) is 9.78 Å². The average molecular weight is 312 g/mol. The first-order valence-electron chi connectivity index (χ1n) is 7.64. The number of aromatic nitrogens is 1. The Balaban J connectivity index is 1.36. The molecule has 4 heteroatoms. The number of benzene rings is 1. The summed E-state index contributed by atoms with van der Waals surface area (Å²) in [5.74, 6) is 2.11. The highest BCUT2D eigenvalue weighted by Crippen LogP contribution is 2.38. The van der Waals surface area contributed by atoms with Crippen molar-refractivity contribution in [3.05, 3.63) is 65.5 Å². The van der Waals surface area contributed by atoms with Gasteiger partial charge in [-0.15, -0.1) is 11.8 Å². The first-order chi connectivity index (χ1) is 10.8. The molecule has 0 aliphatic heterocycles. The maximum atomic E-state index is 11.8. The van der Waals surface area contributed by atoms with Crippen LogP contribution in [0.1, 0.15) is 35.6 Å². The molecule has 114 valence electrons. The van der Waals surface area contributed by atoms with Crippen LogP contribution in [-0.2, 0) is 17.1 Å². The second kappa shape index (κ2) is 7.45. The summed E-state index contributed by atoms with van der Waals surface area (Å²) in [6.07, 6.45) is 4.41. The summed E-state index contributed by atoms with van der Waals surface area (Å²) >= 11 is 1.64. The first-order valence-corrected chi connectivity index (χ1v) is 8.80. The molecule has 1 aromatic heterocycles. The molecular formula is C18H20N2OS. The number of nitrogens with one attached hydrogen (secondary N) is 1. The third-order valence-corrected chi connectivity index (χ3v) is 4.68. The van der Waals surface area contributed by atoms with Gasteiger partial charge in [-0.2, -0.15) is 0 Å². The van der Waals surface area contributed by atoms with Gasteiger partial charge in [-0.05, 0) is 30.0 Å². The Morgan fingerprint density at radius 1 is 1.14 bits per heavy atom. The minimum atomic E-state index is 0.0761. The molecule has 1 amide bonds. The number of nitrogens with zero attached hydrogens (tertiary/aromatic N) is 1. The Morgan fingerprint density at radius 3 is 2.64 bits per heavy atom. The molecule has 2 aromatic rings. The van der Waals surface area contributed by atoms with Crippen LogP contribution in [0.3, 0.4) is 0 Å². The molecule has 1 aromatic carbocycles. The summed E-state index contributed by atoms with van der Waals surface area (Å²) in [4.78, 5) is 16.3. The normalized spacial score (nSPS) is 13.8. The standard InChI is InChI=1S/C18H20N2OS/c21-18(13-22-12-14-4-2-1-3-5-14)20-11-15-6-9-17(19-10-15)16-7-8-16/h1-6,9-10,16H,7-8,11-13H2,(H,20,21). The third kappa shape index (κ3) is 4.60. The summed E-state index contributed by atoms with van der Waals surface area (Å²) in [5, 5.41) is 2.95. The van der Waals surface area contributed by atoms with Crippen molar-refractivity contribution in [2.24, 2.45) is 0 Å². The van der Waals surface area contributed by atoms with Crippen LogP contribution in [0.15, 0.2) is 48.7 Å². The molecule has 3 nitrogen and oxygen atoms in total. The van der Waals surface area contributed by atoms with Gasteiger partial charge in [0.2, 0.25) is 5.91 Å². The summed E-state index contributed by atoms with van der Waals surface area (Å²) in [7, 11) is 0. The molecule has 0 unspecified atom stereocenters. The van der Waals surface area contributed by atoms with Gasteiger partial charge in [0.1, 0.15) is 0 Å². The van der Waals surface area contributed by atoms with E-state index < -0.39 is 0 Å². The van der Waals surface area contributed by atoms with Crippen LogP contribution in [0.5, 0.6) is 0 Å². The molecule has 1 N–H and O–H groups in total. The molecule has 0 saturated heterocycles. The smallest absolute Gasteiger partial charge is 0.230 e. The lowest BCUT2D eigenvalue weighted by molar-refractivity contribution is -0.118. The van der Waals surface area contributed by atoms with Crippen molar-refractivity contribution in [2.75, 3.05) is 5.75 Å². The Bertz CT molecular complexity index is 609. The van der Waals surface area contributed by atoms with Gasteiger partial charge in [0.05, 0.1) is 5.75 Å². The van der Waals surface area contributed by atoms with Crippen molar-refractivity contribution in [1.82, 2.24) is 10.3 Å². The Morgan fingerprint density at radius 2 is 1.95 bits per heavy atom. The van der Waals surface area contributed by atoms with E-state index in [9.17, 15) is 4.79 Å². The molecule has 0 radical (unpaired) electrons. The lowest BCUT2D eigenvalue weighted by atomic mass is 10.2. The Kier molecular flexibility index (Phi) is 5.11. The van der Waals surface area contributed by atoms with Crippen molar-refractivity contribution >= 4 is 17.7 Å². The summed E-state index contributed by atoms with van der Waals surface area (Å²) in [5.41, 5.74) is 3.50. The first kappa shape index (κ1) is 15.1. The van der Waals surface area contributed by atoms with Gasteiger partial charge in [0.15, 0.2) is 0 Å². The molecule has 0 atom stereocenters. The second-order valence-corrected chi connectivity index (χ2v) is 6.61. The molecular weight excluding hydrogens is 292 g/mol. The summed E-state index contributed by atoms with van der Waals surface area (Å²) in [6, 6.07) is 14.4. The van der Waals surface area contributed by atoms with E-state index in [0.717, 1.165) is 11.3 Å². The van der Waals surface area contributed by atoms with Gasteiger partial charge in [0.25, 0.3) is 0 Å². The maximum absolute atomic E-state index is 11.8. The van der Waals surface area contributed by atoms with Crippen molar-refractivity contribution in [3.8, 4) is 0 Å². The zero-order valence-corrected chi connectivity index (χ0v) is 13.3. The van der Waals surface area contributed by atoms with Gasteiger partial charge in [-0.25, -0.2) is 0 Å². The number of rotatable bonds is 7. The Hall–Kier alpha value is -1.81. The maximum Gasteiger partial charge on any atom is 0.230 e. The number of hydrogen-bond donors (Lipinski definition) is 1. The fourth-order valence-electron chi connectivity index (χ4n) is 2.25. The number of pyridine rings is 1. The van der Waals surface area contributed by atoms with Gasteiger partial charge in [0, 0.05) is 30.1 Å². The predicted molar refractivity (Wildman–Crippen MR) is 90.7 cm³/mol. The quantitative estimate of drug-likeness (QED) is 0.850. The van der Waals surface area contributed by atoms with Crippen LogP contribution in [0.2, 0.25) is 0 Å². The van der Waals surface area contributed by atoms with E-state index in [1.165, 1.54) is 24.1 Å². The van der Waals surface area contributed by atoms with Gasteiger partial charge >= 0.3 is 0 Å². The molecule has 1 saturated carbocycles. The number of hydrogen-bond acceptors (Lipinski definition) is 3. The summed E-state index contributed by atoms with van der Waals surface area (Å²) in [6.45, 7) is 0.558. The van der Waals surface area contributed by atoms with E-state index >= 15 is 0 Å². The van der Waals surface area contributed by atoms with Crippen molar-refractivity contribution in [3.63, 3.8) is 0 Å². The van der Waals surface area contributed by atoms with Crippen molar-refractivity contribution < 1.29 is 4.79 Å². The molecule has 22 heavy (non-hydrogen) atoms. The van der Waals surface area contributed by atoms with E-state index in [1.54, 1.807) is 11.8 Å².